The van der Waals surface area contributed by atoms with Crippen LogP contribution in [0, 0.1) is 19.8 Å². The normalized spacial score (nSPS) is 17.2. The number of urea groups is 1. The van der Waals surface area contributed by atoms with Gasteiger partial charge in [0.15, 0.2) is 0 Å². The third kappa shape index (κ3) is 5.86. The molecule has 1 saturated heterocycles. The molecule has 3 amide bonds. The molecular formula is C25H34N4O4. The van der Waals surface area contributed by atoms with Crippen molar-refractivity contribution in [1.82, 2.24) is 15.0 Å². The minimum absolute atomic E-state index is 0.0329. The van der Waals surface area contributed by atoms with Crippen molar-refractivity contribution in [1.29, 1.82) is 0 Å². The number of anilines is 1. The first-order valence-electron chi connectivity index (χ1n) is 12.0. The van der Waals surface area contributed by atoms with E-state index in [1.807, 2.05) is 38.1 Å². The molecule has 0 atom stereocenters. The number of aryl methyl sites for hydroxylation is 1. The molecule has 0 radical (unpaired) electrons. The molecule has 178 valence electrons. The van der Waals surface area contributed by atoms with Crippen LogP contribution in [0.1, 0.15) is 60.1 Å². The zero-order valence-electron chi connectivity index (χ0n) is 19.6. The quantitative estimate of drug-likeness (QED) is 0.688. The van der Waals surface area contributed by atoms with E-state index in [2.05, 4.69) is 10.5 Å². The van der Waals surface area contributed by atoms with E-state index in [9.17, 15) is 9.59 Å². The number of nitrogens with one attached hydrogen (secondary N) is 1. The third-order valence-corrected chi connectivity index (χ3v) is 6.83. The molecule has 1 aliphatic heterocycles. The van der Waals surface area contributed by atoms with Crippen LogP contribution in [0.4, 0.5) is 10.7 Å². The molecule has 8 nitrogen and oxygen atoms in total. The highest BCUT2D eigenvalue weighted by Gasteiger charge is 2.26. The Kier molecular flexibility index (Phi) is 7.52. The number of amides is 3. The summed E-state index contributed by atoms with van der Waals surface area (Å²) in [4.78, 5) is 29.0. The summed E-state index contributed by atoms with van der Waals surface area (Å²) in [5.74, 6) is 1.85. The van der Waals surface area contributed by atoms with Crippen molar-refractivity contribution >= 4 is 17.8 Å². The first kappa shape index (κ1) is 23.1. The Morgan fingerprint density at radius 3 is 2.52 bits per heavy atom. The molecule has 1 saturated carbocycles. The average Bonchev–Trinajstić information content (AvgIpc) is 3.16. The molecule has 2 heterocycles. The minimum Gasteiger partial charge on any atom is -0.494 e. The molecule has 1 N–H and O–H groups in total. The van der Waals surface area contributed by atoms with Crippen molar-refractivity contribution in [3.63, 3.8) is 0 Å². The second-order valence-corrected chi connectivity index (χ2v) is 9.10. The Morgan fingerprint density at radius 1 is 1.09 bits per heavy atom. The lowest BCUT2D eigenvalue weighted by Gasteiger charge is -2.34. The summed E-state index contributed by atoms with van der Waals surface area (Å²) in [5.41, 5.74) is 2.19. The molecule has 2 aromatic rings. The molecular weight excluding hydrogens is 420 g/mol. The summed E-state index contributed by atoms with van der Waals surface area (Å²) in [6.45, 7) is 6.26. The largest absolute Gasteiger partial charge is 0.494 e. The Morgan fingerprint density at radius 2 is 1.82 bits per heavy atom. The number of carbonyl (C=O) groups excluding carboxylic acids is 2. The smallest absolute Gasteiger partial charge is 0.324 e. The molecule has 2 aliphatic rings. The lowest BCUT2D eigenvalue weighted by atomic mass is 9.87. The van der Waals surface area contributed by atoms with Gasteiger partial charge in [-0.2, -0.15) is 0 Å². The number of hydrogen-bond acceptors (Lipinski definition) is 5. The predicted octanol–water partition coefficient (Wildman–Crippen LogP) is 4.63. The van der Waals surface area contributed by atoms with E-state index < -0.39 is 0 Å². The van der Waals surface area contributed by atoms with Gasteiger partial charge in [-0.1, -0.05) is 43.3 Å². The Hall–Kier alpha value is -3.03. The van der Waals surface area contributed by atoms with E-state index in [-0.39, 0.29) is 11.9 Å². The Balaban J connectivity index is 1.25. The third-order valence-electron chi connectivity index (χ3n) is 6.83. The van der Waals surface area contributed by atoms with E-state index in [1.54, 1.807) is 9.80 Å². The maximum Gasteiger partial charge on any atom is 0.324 e. The van der Waals surface area contributed by atoms with E-state index in [0.717, 1.165) is 29.3 Å². The maximum atomic E-state index is 13.0. The number of hydrogen-bond donors (Lipinski definition) is 1. The van der Waals surface area contributed by atoms with Gasteiger partial charge >= 0.3 is 6.03 Å². The first-order chi connectivity index (χ1) is 16.0. The molecule has 2 fully saturated rings. The summed E-state index contributed by atoms with van der Waals surface area (Å²) in [7, 11) is 0. The van der Waals surface area contributed by atoms with Crippen molar-refractivity contribution in [3.8, 4) is 5.75 Å². The number of piperazine rings is 1. The average molecular weight is 455 g/mol. The molecule has 0 bridgehead atoms. The van der Waals surface area contributed by atoms with Crippen LogP contribution in [0.25, 0.3) is 0 Å². The number of carbonyl (C=O) groups is 2. The zero-order chi connectivity index (χ0) is 23.2. The maximum absolute atomic E-state index is 13.0. The number of benzene rings is 1. The lowest BCUT2D eigenvalue weighted by Crippen LogP contribution is -2.51. The van der Waals surface area contributed by atoms with Crippen LogP contribution in [0.15, 0.2) is 28.8 Å². The number of aromatic nitrogens is 1. The van der Waals surface area contributed by atoms with Crippen LogP contribution >= 0.6 is 0 Å². The molecule has 1 aromatic carbocycles. The van der Waals surface area contributed by atoms with Gasteiger partial charge in [-0.25, -0.2) is 4.79 Å². The molecule has 8 heteroatoms. The van der Waals surface area contributed by atoms with Gasteiger partial charge < -0.3 is 19.1 Å². The van der Waals surface area contributed by atoms with Crippen LogP contribution in [0.3, 0.4) is 0 Å². The predicted molar refractivity (Wildman–Crippen MR) is 126 cm³/mol. The molecule has 1 aliphatic carbocycles. The van der Waals surface area contributed by atoms with Crippen LogP contribution in [-0.4, -0.2) is 59.7 Å². The van der Waals surface area contributed by atoms with Gasteiger partial charge in [-0.05, 0) is 44.4 Å². The highest BCUT2D eigenvalue weighted by molar-refractivity contribution is 5.95. The zero-order valence-corrected chi connectivity index (χ0v) is 19.6. The fraction of sp³-hybridized carbons (Fsp3) is 0.560. The van der Waals surface area contributed by atoms with Gasteiger partial charge in [0.2, 0.25) is 5.88 Å². The first-order valence-corrected chi connectivity index (χ1v) is 12.0. The standard InChI is InChI=1S/C25H34N4O4/c1-18-19(2)27-33-23(18)26-25(31)29-14-12-28(13-15-29)24(30)21-9-6-10-22(17-21)32-16-11-20-7-4-3-5-8-20/h6,9-10,17,20H,3-5,7-8,11-16H2,1-2H3,(H,26,31). The highest BCUT2D eigenvalue weighted by Crippen LogP contribution is 2.26. The SMILES string of the molecule is Cc1noc(NC(=O)N2CCN(C(=O)c3cccc(OCCC4CCCCC4)c3)CC2)c1C. The van der Waals surface area contributed by atoms with E-state index in [1.165, 1.54) is 32.1 Å². The van der Waals surface area contributed by atoms with Gasteiger partial charge in [-0.15, -0.1) is 0 Å². The van der Waals surface area contributed by atoms with Gasteiger partial charge in [0.1, 0.15) is 5.75 Å². The van der Waals surface area contributed by atoms with Crippen molar-refractivity contribution in [2.45, 2.75) is 52.4 Å². The number of rotatable bonds is 6. The molecule has 4 rings (SSSR count). The monoisotopic (exact) mass is 454 g/mol. The number of ether oxygens (including phenoxy) is 1. The summed E-state index contributed by atoms with van der Waals surface area (Å²) in [6.07, 6.45) is 7.73. The van der Waals surface area contributed by atoms with Crippen molar-refractivity contribution in [2.24, 2.45) is 5.92 Å². The second-order valence-electron chi connectivity index (χ2n) is 9.10. The minimum atomic E-state index is -0.241. The fourth-order valence-corrected chi connectivity index (χ4v) is 4.54. The number of nitrogens with zero attached hydrogens (tertiary/aromatic N) is 3. The van der Waals surface area contributed by atoms with Crippen LogP contribution in [0.2, 0.25) is 0 Å². The second kappa shape index (κ2) is 10.7. The summed E-state index contributed by atoms with van der Waals surface area (Å²) >= 11 is 0. The summed E-state index contributed by atoms with van der Waals surface area (Å²) in [6, 6.07) is 7.19. The molecule has 0 unspecified atom stereocenters. The van der Waals surface area contributed by atoms with Crippen molar-refractivity contribution in [3.05, 3.63) is 41.1 Å². The highest BCUT2D eigenvalue weighted by atomic mass is 16.5. The van der Waals surface area contributed by atoms with Gasteiger partial charge in [0, 0.05) is 37.3 Å². The van der Waals surface area contributed by atoms with Gasteiger partial charge in [0.25, 0.3) is 5.91 Å². The van der Waals surface area contributed by atoms with Crippen LogP contribution in [0.5, 0.6) is 5.75 Å². The molecule has 1 aromatic heterocycles. The Bertz CT molecular complexity index is 959. The Labute approximate surface area is 195 Å². The van der Waals surface area contributed by atoms with Crippen molar-refractivity contribution in [2.75, 3.05) is 38.1 Å². The van der Waals surface area contributed by atoms with Crippen LogP contribution in [-0.2, 0) is 0 Å². The summed E-state index contributed by atoms with van der Waals surface area (Å²) in [5, 5.41) is 6.63. The summed E-state index contributed by atoms with van der Waals surface area (Å²) < 4.78 is 11.1. The van der Waals surface area contributed by atoms with Crippen LogP contribution < -0.4 is 10.1 Å². The molecule has 0 spiro atoms. The topological polar surface area (TPSA) is 87.9 Å². The van der Waals surface area contributed by atoms with Gasteiger partial charge in [0.05, 0.1) is 12.3 Å². The van der Waals surface area contributed by atoms with Crippen molar-refractivity contribution < 1.29 is 18.8 Å². The van der Waals surface area contributed by atoms with Gasteiger partial charge in [-0.3, -0.25) is 10.1 Å². The van der Waals surface area contributed by atoms with E-state index in [0.29, 0.717) is 44.2 Å². The fourth-order valence-electron chi connectivity index (χ4n) is 4.54. The molecule has 33 heavy (non-hydrogen) atoms. The lowest BCUT2D eigenvalue weighted by molar-refractivity contribution is 0.0671. The van der Waals surface area contributed by atoms with E-state index in [4.69, 9.17) is 9.26 Å². The van der Waals surface area contributed by atoms with E-state index >= 15 is 0 Å².